The third-order valence-electron chi connectivity index (χ3n) is 3.53. The number of carboxylic acids is 1. The number of ether oxygens (including phenoxy) is 1. The summed E-state index contributed by atoms with van der Waals surface area (Å²) in [5, 5.41) is 8.44. The lowest BCUT2D eigenvalue weighted by atomic mass is 9.94. The van der Waals surface area contributed by atoms with Crippen molar-refractivity contribution in [1.82, 2.24) is 0 Å². The molecule has 7 heteroatoms. The van der Waals surface area contributed by atoms with Crippen LogP contribution in [0.2, 0.25) is 5.02 Å². The zero-order valence-corrected chi connectivity index (χ0v) is 12.0. The Hall–Kier alpha value is -1.43. The van der Waals surface area contributed by atoms with E-state index in [2.05, 4.69) is 0 Å². The average molecular weight is 323 g/mol. The van der Waals surface area contributed by atoms with E-state index in [-0.39, 0.29) is 31.4 Å². The highest BCUT2D eigenvalue weighted by Crippen LogP contribution is 2.38. The van der Waals surface area contributed by atoms with Gasteiger partial charge in [-0.05, 0) is 31.4 Å². The summed E-state index contributed by atoms with van der Waals surface area (Å²) in [4.78, 5) is 10.9. The van der Waals surface area contributed by atoms with Crippen molar-refractivity contribution in [3.63, 3.8) is 0 Å². The number of hydrogen-bond donors (Lipinski definition) is 1. The lowest BCUT2D eigenvalue weighted by molar-refractivity contribution is -0.0583. The van der Waals surface area contributed by atoms with Crippen molar-refractivity contribution >= 4 is 17.6 Å². The molecule has 0 spiro atoms. The van der Waals surface area contributed by atoms with Gasteiger partial charge in [-0.1, -0.05) is 11.6 Å². The summed E-state index contributed by atoms with van der Waals surface area (Å²) < 4.78 is 45.5. The molecule has 2 rings (SSSR count). The Morgan fingerprint density at radius 1 is 1.43 bits per heavy atom. The SMILES string of the molecule is Cc1cc(C(=O)O)c(F)c(Cl)c1OC1CCC(F)(F)CC1. The third-order valence-corrected chi connectivity index (χ3v) is 3.86. The van der Waals surface area contributed by atoms with E-state index in [9.17, 15) is 18.0 Å². The van der Waals surface area contributed by atoms with Gasteiger partial charge in [-0.3, -0.25) is 0 Å². The minimum atomic E-state index is -2.68. The van der Waals surface area contributed by atoms with Crippen molar-refractivity contribution in [3.8, 4) is 5.75 Å². The highest BCUT2D eigenvalue weighted by molar-refractivity contribution is 6.32. The lowest BCUT2D eigenvalue weighted by Crippen LogP contribution is -2.31. The molecule has 1 fully saturated rings. The fourth-order valence-electron chi connectivity index (χ4n) is 2.33. The molecular weight excluding hydrogens is 309 g/mol. The minimum Gasteiger partial charge on any atom is -0.488 e. The van der Waals surface area contributed by atoms with Crippen molar-refractivity contribution in [3.05, 3.63) is 28.0 Å². The number of benzene rings is 1. The van der Waals surface area contributed by atoms with Gasteiger partial charge in [0.1, 0.15) is 10.8 Å². The van der Waals surface area contributed by atoms with Gasteiger partial charge in [0.2, 0.25) is 5.92 Å². The number of rotatable bonds is 3. The van der Waals surface area contributed by atoms with Crippen LogP contribution in [0, 0.1) is 12.7 Å². The summed E-state index contributed by atoms with van der Waals surface area (Å²) >= 11 is 5.81. The van der Waals surface area contributed by atoms with Crippen molar-refractivity contribution < 1.29 is 27.8 Å². The Morgan fingerprint density at radius 3 is 2.52 bits per heavy atom. The van der Waals surface area contributed by atoms with Gasteiger partial charge in [0, 0.05) is 12.8 Å². The van der Waals surface area contributed by atoms with Crippen LogP contribution >= 0.6 is 11.6 Å². The molecule has 0 radical (unpaired) electrons. The Labute approximate surface area is 124 Å². The Kier molecular flexibility index (Phi) is 4.37. The molecule has 0 aromatic heterocycles. The van der Waals surface area contributed by atoms with Gasteiger partial charge in [-0.15, -0.1) is 0 Å². The highest BCUT2D eigenvalue weighted by atomic mass is 35.5. The minimum absolute atomic E-state index is 0.0226. The summed E-state index contributed by atoms with van der Waals surface area (Å²) in [7, 11) is 0. The smallest absolute Gasteiger partial charge is 0.338 e. The molecule has 0 unspecified atom stereocenters. The van der Waals surface area contributed by atoms with Crippen molar-refractivity contribution in [2.45, 2.75) is 44.6 Å². The number of alkyl halides is 2. The second kappa shape index (κ2) is 5.75. The van der Waals surface area contributed by atoms with E-state index >= 15 is 0 Å². The molecule has 21 heavy (non-hydrogen) atoms. The van der Waals surface area contributed by atoms with Crippen molar-refractivity contribution in [2.24, 2.45) is 0 Å². The topological polar surface area (TPSA) is 46.5 Å². The lowest BCUT2D eigenvalue weighted by Gasteiger charge is -2.29. The van der Waals surface area contributed by atoms with Crippen LogP contribution in [0.1, 0.15) is 41.6 Å². The number of hydrogen-bond acceptors (Lipinski definition) is 2. The highest BCUT2D eigenvalue weighted by Gasteiger charge is 2.36. The van der Waals surface area contributed by atoms with E-state index in [1.165, 1.54) is 6.92 Å². The molecule has 1 N–H and O–H groups in total. The van der Waals surface area contributed by atoms with Gasteiger partial charge in [0.25, 0.3) is 0 Å². The van der Waals surface area contributed by atoms with Gasteiger partial charge in [0.05, 0.1) is 11.7 Å². The van der Waals surface area contributed by atoms with Crippen LogP contribution < -0.4 is 4.74 Å². The Morgan fingerprint density at radius 2 is 2.00 bits per heavy atom. The molecule has 1 aromatic carbocycles. The molecule has 0 atom stereocenters. The monoisotopic (exact) mass is 322 g/mol. The molecule has 0 saturated heterocycles. The first-order valence-electron chi connectivity index (χ1n) is 6.47. The number of carboxylic acid groups (broad SMARTS) is 1. The second-order valence-corrected chi connectivity index (χ2v) is 5.55. The maximum absolute atomic E-state index is 13.9. The van der Waals surface area contributed by atoms with Crippen LogP contribution in [0.5, 0.6) is 5.75 Å². The van der Waals surface area contributed by atoms with Gasteiger partial charge in [-0.2, -0.15) is 0 Å². The average Bonchev–Trinajstić information content (AvgIpc) is 2.40. The summed E-state index contributed by atoms with van der Waals surface area (Å²) in [6.07, 6.45) is -0.764. The van der Waals surface area contributed by atoms with Crippen LogP contribution in [0.3, 0.4) is 0 Å². The van der Waals surface area contributed by atoms with Crippen molar-refractivity contribution in [1.29, 1.82) is 0 Å². The van der Waals surface area contributed by atoms with Crippen molar-refractivity contribution in [2.75, 3.05) is 0 Å². The maximum atomic E-state index is 13.9. The number of halogens is 4. The van der Waals surface area contributed by atoms with E-state index in [0.717, 1.165) is 6.07 Å². The Balaban J connectivity index is 2.22. The fraction of sp³-hybridized carbons (Fsp3) is 0.500. The van der Waals surface area contributed by atoms with Crippen LogP contribution in [-0.2, 0) is 0 Å². The molecule has 3 nitrogen and oxygen atoms in total. The molecule has 0 bridgehead atoms. The first-order valence-corrected chi connectivity index (χ1v) is 6.85. The summed E-state index contributed by atoms with van der Waals surface area (Å²) in [5.74, 6) is -5.17. The van der Waals surface area contributed by atoms with E-state index < -0.39 is 34.4 Å². The molecule has 116 valence electrons. The summed E-state index contributed by atoms with van der Waals surface area (Å²) in [6.45, 7) is 1.53. The molecular formula is C14H14ClF3O3. The third kappa shape index (κ3) is 3.43. The largest absolute Gasteiger partial charge is 0.488 e. The molecule has 1 saturated carbocycles. The zero-order valence-electron chi connectivity index (χ0n) is 11.3. The molecule has 1 aliphatic rings. The van der Waals surface area contributed by atoms with Gasteiger partial charge < -0.3 is 9.84 Å². The van der Waals surface area contributed by atoms with Crippen LogP contribution in [0.15, 0.2) is 6.07 Å². The zero-order chi connectivity index (χ0) is 15.8. The second-order valence-electron chi connectivity index (χ2n) is 5.18. The standard InChI is InChI=1S/C14H14ClF3O3/c1-7-6-9(13(19)20)11(16)10(15)12(7)21-8-2-4-14(17,18)5-3-8/h6,8H,2-5H2,1H3,(H,19,20). The first-order chi connectivity index (χ1) is 9.71. The van der Waals surface area contributed by atoms with Gasteiger partial charge >= 0.3 is 5.97 Å². The number of aryl methyl sites for hydroxylation is 1. The predicted octanol–water partition coefficient (Wildman–Crippen LogP) is 4.44. The molecule has 1 aromatic rings. The van der Waals surface area contributed by atoms with Gasteiger partial charge in [0.15, 0.2) is 5.82 Å². The van der Waals surface area contributed by atoms with Crippen LogP contribution in [0.4, 0.5) is 13.2 Å². The van der Waals surface area contributed by atoms with Crippen LogP contribution in [0.25, 0.3) is 0 Å². The van der Waals surface area contributed by atoms with E-state index in [1.54, 1.807) is 0 Å². The Bertz CT molecular complexity index is 565. The van der Waals surface area contributed by atoms with Gasteiger partial charge in [-0.25, -0.2) is 18.0 Å². The fourth-order valence-corrected chi connectivity index (χ4v) is 2.63. The summed E-state index contributed by atoms with van der Waals surface area (Å²) in [6, 6.07) is 1.12. The number of aromatic carboxylic acids is 1. The van der Waals surface area contributed by atoms with E-state index in [0.29, 0.717) is 5.56 Å². The quantitative estimate of drug-likeness (QED) is 0.894. The predicted molar refractivity (Wildman–Crippen MR) is 70.9 cm³/mol. The molecule has 0 amide bonds. The van der Waals surface area contributed by atoms with E-state index in [1.807, 2.05) is 0 Å². The molecule has 0 heterocycles. The molecule has 0 aliphatic heterocycles. The first kappa shape index (κ1) is 15.9. The normalized spacial score (nSPS) is 18.5. The summed E-state index contributed by atoms with van der Waals surface area (Å²) in [5.41, 5.74) is -0.184. The van der Waals surface area contributed by atoms with E-state index in [4.69, 9.17) is 21.4 Å². The molecule has 1 aliphatic carbocycles. The van der Waals surface area contributed by atoms with Crippen LogP contribution in [-0.4, -0.2) is 23.1 Å². The maximum Gasteiger partial charge on any atom is 0.338 e. The number of carbonyl (C=O) groups is 1.